The first-order chi connectivity index (χ1) is 9.08. The van der Waals surface area contributed by atoms with Crippen molar-refractivity contribution in [3.63, 3.8) is 0 Å². The highest BCUT2D eigenvalue weighted by atomic mass is 16.3. The number of pyridine rings is 1. The second-order valence-electron chi connectivity index (χ2n) is 5.25. The average molecular weight is 265 g/mol. The average Bonchev–Trinajstić information content (AvgIpc) is 2.40. The number of rotatable bonds is 8. The van der Waals surface area contributed by atoms with Gasteiger partial charge in [-0.05, 0) is 32.1 Å². The molecule has 1 unspecified atom stereocenters. The van der Waals surface area contributed by atoms with E-state index < -0.39 is 0 Å². The van der Waals surface area contributed by atoms with Gasteiger partial charge < -0.3 is 15.3 Å². The molecule has 2 N–H and O–H groups in total. The van der Waals surface area contributed by atoms with Crippen LogP contribution < -0.4 is 5.32 Å². The SMILES string of the molecule is CCC(CC)C(CNCc1ccc(O)cn1)N(C)C. The molecule has 108 valence electrons. The van der Waals surface area contributed by atoms with Gasteiger partial charge >= 0.3 is 0 Å². The number of aromatic nitrogens is 1. The number of likely N-dealkylation sites (N-methyl/N-ethyl adjacent to an activating group) is 1. The quantitative estimate of drug-likeness (QED) is 0.757. The van der Waals surface area contributed by atoms with Crippen LogP contribution in [0.25, 0.3) is 0 Å². The summed E-state index contributed by atoms with van der Waals surface area (Å²) in [6, 6.07) is 4.07. The fraction of sp³-hybridized carbons (Fsp3) is 0.667. The zero-order valence-electron chi connectivity index (χ0n) is 12.6. The van der Waals surface area contributed by atoms with Gasteiger partial charge in [0, 0.05) is 19.1 Å². The summed E-state index contributed by atoms with van der Waals surface area (Å²) in [6.07, 6.45) is 3.90. The Hall–Kier alpha value is -1.13. The lowest BCUT2D eigenvalue weighted by Gasteiger charge is -2.31. The number of hydrogen-bond donors (Lipinski definition) is 2. The molecule has 0 saturated heterocycles. The van der Waals surface area contributed by atoms with Crippen LogP contribution in [0.1, 0.15) is 32.4 Å². The van der Waals surface area contributed by atoms with Gasteiger partial charge in [-0.25, -0.2) is 0 Å². The van der Waals surface area contributed by atoms with E-state index in [1.54, 1.807) is 6.07 Å². The normalized spacial score (nSPS) is 13.2. The van der Waals surface area contributed by atoms with Gasteiger partial charge in [0.25, 0.3) is 0 Å². The number of nitrogens with one attached hydrogen (secondary N) is 1. The van der Waals surface area contributed by atoms with Crippen LogP contribution in [0, 0.1) is 5.92 Å². The first kappa shape index (κ1) is 15.9. The highest BCUT2D eigenvalue weighted by Crippen LogP contribution is 2.16. The van der Waals surface area contributed by atoms with Crippen LogP contribution in [0.2, 0.25) is 0 Å². The van der Waals surface area contributed by atoms with Crippen molar-refractivity contribution in [2.75, 3.05) is 20.6 Å². The molecule has 0 radical (unpaired) electrons. The van der Waals surface area contributed by atoms with Gasteiger partial charge in [-0.1, -0.05) is 26.7 Å². The van der Waals surface area contributed by atoms with Crippen LogP contribution in [0.4, 0.5) is 0 Å². The maximum absolute atomic E-state index is 9.19. The Morgan fingerprint density at radius 3 is 2.42 bits per heavy atom. The smallest absolute Gasteiger partial charge is 0.133 e. The molecule has 1 heterocycles. The zero-order chi connectivity index (χ0) is 14.3. The first-order valence-electron chi connectivity index (χ1n) is 7.09. The third kappa shape index (κ3) is 5.17. The molecule has 0 bridgehead atoms. The minimum Gasteiger partial charge on any atom is -0.506 e. The Labute approximate surface area is 116 Å². The van der Waals surface area contributed by atoms with E-state index in [1.807, 2.05) is 6.07 Å². The molecule has 1 rings (SSSR count). The van der Waals surface area contributed by atoms with Crippen molar-refractivity contribution in [1.29, 1.82) is 0 Å². The summed E-state index contributed by atoms with van der Waals surface area (Å²) in [6.45, 7) is 6.21. The molecule has 0 spiro atoms. The summed E-state index contributed by atoms with van der Waals surface area (Å²) in [5.74, 6) is 0.933. The van der Waals surface area contributed by atoms with E-state index in [0.717, 1.165) is 24.7 Å². The number of hydrogen-bond acceptors (Lipinski definition) is 4. The summed E-state index contributed by atoms with van der Waals surface area (Å²) in [5, 5.41) is 12.7. The van der Waals surface area contributed by atoms with Crippen LogP contribution in [0.3, 0.4) is 0 Å². The van der Waals surface area contributed by atoms with Gasteiger partial charge in [0.2, 0.25) is 0 Å². The van der Waals surface area contributed by atoms with Crippen molar-refractivity contribution in [2.24, 2.45) is 5.92 Å². The Bertz CT molecular complexity index is 347. The monoisotopic (exact) mass is 265 g/mol. The van der Waals surface area contributed by atoms with Gasteiger partial charge in [0.05, 0.1) is 11.9 Å². The summed E-state index contributed by atoms with van der Waals surface area (Å²) in [5.41, 5.74) is 0.958. The van der Waals surface area contributed by atoms with E-state index in [-0.39, 0.29) is 5.75 Å². The lowest BCUT2D eigenvalue weighted by atomic mass is 9.93. The van der Waals surface area contributed by atoms with Crippen molar-refractivity contribution < 1.29 is 5.11 Å². The standard InChI is InChI=1S/C15H27N3O/c1-5-12(6-2)15(18(3)4)11-16-9-13-7-8-14(19)10-17-13/h7-8,10,12,15-16,19H,5-6,9,11H2,1-4H3. The highest BCUT2D eigenvalue weighted by Gasteiger charge is 2.19. The minimum absolute atomic E-state index is 0.215. The van der Waals surface area contributed by atoms with Crippen molar-refractivity contribution in [1.82, 2.24) is 15.2 Å². The van der Waals surface area contributed by atoms with E-state index in [9.17, 15) is 5.11 Å². The van der Waals surface area contributed by atoms with Crippen LogP contribution >= 0.6 is 0 Å². The van der Waals surface area contributed by atoms with E-state index in [1.165, 1.54) is 19.0 Å². The molecular formula is C15H27N3O. The fourth-order valence-corrected chi connectivity index (χ4v) is 2.47. The number of aromatic hydroxyl groups is 1. The lowest BCUT2D eigenvalue weighted by Crippen LogP contribution is -2.42. The second-order valence-corrected chi connectivity index (χ2v) is 5.25. The van der Waals surface area contributed by atoms with E-state index in [4.69, 9.17) is 0 Å². The van der Waals surface area contributed by atoms with Crippen molar-refractivity contribution in [3.05, 3.63) is 24.0 Å². The Balaban J connectivity index is 2.46. The third-order valence-corrected chi connectivity index (χ3v) is 3.72. The molecule has 1 atom stereocenters. The first-order valence-corrected chi connectivity index (χ1v) is 7.09. The van der Waals surface area contributed by atoms with Gasteiger partial charge in [-0.3, -0.25) is 4.98 Å². The van der Waals surface area contributed by atoms with Crippen molar-refractivity contribution in [3.8, 4) is 5.75 Å². The topological polar surface area (TPSA) is 48.4 Å². The zero-order valence-corrected chi connectivity index (χ0v) is 12.6. The number of nitrogens with zero attached hydrogens (tertiary/aromatic N) is 2. The molecule has 0 aliphatic carbocycles. The van der Waals surface area contributed by atoms with Gasteiger partial charge in [0.15, 0.2) is 0 Å². The molecule has 0 aromatic carbocycles. The predicted octanol–water partition coefficient (Wildman–Crippen LogP) is 2.24. The van der Waals surface area contributed by atoms with E-state index in [0.29, 0.717) is 6.04 Å². The Morgan fingerprint density at radius 2 is 1.95 bits per heavy atom. The molecule has 0 fully saturated rings. The Morgan fingerprint density at radius 1 is 1.26 bits per heavy atom. The molecule has 1 aromatic heterocycles. The summed E-state index contributed by atoms with van der Waals surface area (Å²) in [4.78, 5) is 6.48. The van der Waals surface area contributed by atoms with Gasteiger partial charge in [0.1, 0.15) is 5.75 Å². The molecule has 0 aliphatic heterocycles. The van der Waals surface area contributed by atoms with E-state index >= 15 is 0 Å². The molecule has 1 aromatic rings. The maximum Gasteiger partial charge on any atom is 0.133 e. The van der Waals surface area contributed by atoms with Crippen LogP contribution in [-0.4, -0.2) is 41.7 Å². The molecule has 4 heteroatoms. The predicted molar refractivity (Wildman–Crippen MR) is 79.2 cm³/mol. The largest absolute Gasteiger partial charge is 0.506 e. The molecular weight excluding hydrogens is 238 g/mol. The van der Waals surface area contributed by atoms with Crippen LogP contribution in [-0.2, 0) is 6.54 Å². The van der Waals surface area contributed by atoms with Crippen molar-refractivity contribution in [2.45, 2.75) is 39.3 Å². The second kappa shape index (κ2) is 8.12. The molecule has 19 heavy (non-hydrogen) atoms. The van der Waals surface area contributed by atoms with Gasteiger partial charge in [-0.2, -0.15) is 0 Å². The van der Waals surface area contributed by atoms with Crippen molar-refractivity contribution >= 4 is 0 Å². The lowest BCUT2D eigenvalue weighted by molar-refractivity contribution is 0.193. The van der Waals surface area contributed by atoms with Gasteiger partial charge in [-0.15, -0.1) is 0 Å². The van der Waals surface area contributed by atoms with E-state index in [2.05, 4.69) is 43.1 Å². The van der Waals surface area contributed by atoms with Crippen LogP contribution in [0.5, 0.6) is 5.75 Å². The molecule has 0 aliphatic rings. The molecule has 0 saturated carbocycles. The van der Waals surface area contributed by atoms with Crippen LogP contribution in [0.15, 0.2) is 18.3 Å². The maximum atomic E-state index is 9.19. The fourth-order valence-electron chi connectivity index (χ4n) is 2.47. The third-order valence-electron chi connectivity index (χ3n) is 3.72. The Kier molecular flexibility index (Phi) is 6.81. The summed E-state index contributed by atoms with van der Waals surface area (Å²) < 4.78 is 0. The molecule has 4 nitrogen and oxygen atoms in total. The summed E-state index contributed by atoms with van der Waals surface area (Å²) in [7, 11) is 4.28. The molecule has 0 amide bonds. The highest BCUT2D eigenvalue weighted by molar-refractivity contribution is 5.17. The summed E-state index contributed by atoms with van der Waals surface area (Å²) >= 11 is 0. The minimum atomic E-state index is 0.215.